The molecule has 3 aromatic carbocycles. The van der Waals surface area contributed by atoms with E-state index in [1.165, 1.54) is 11.1 Å². The molecule has 5 aromatic rings. The Morgan fingerprint density at radius 2 is 1.53 bits per heavy atom. The summed E-state index contributed by atoms with van der Waals surface area (Å²) in [5.74, 6) is 1.36. The van der Waals surface area contributed by atoms with Gasteiger partial charge in [-0.3, -0.25) is 0 Å². The molecule has 0 bridgehead atoms. The molecule has 6 rings (SSSR count). The Kier molecular flexibility index (Phi) is 6.84. The van der Waals surface area contributed by atoms with E-state index in [-0.39, 0.29) is 5.75 Å². The number of nitrogens with zero attached hydrogens (tertiary/aromatic N) is 4. The average molecular weight is 499 g/mol. The van der Waals surface area contributed by atoms with Crippen LogP contribution in [0.25, 0.3) is 16.9 Å². The van der Waals surface area contributed by atoms with Crippen molar-refractivity contribution in [3.8, 4) is 17.0 Å². The smallest absolute Gasteiger partial charge is 0.150 e. The van der Waals surface area contributed by atoms with Crippen molar-refractivity contribution in [1.29, 1.82) is 0 Å². The zero-order valence-electron chi connectivity index (χ0n) is 21.2. The molecule has 38 heavy (non-hydrogen) atoms. The second kappa shape index (κ2) is 10.7. The molecule has 0 amide bonds. The predicted molar refractivity (Wildman–Crippen MR) is 153 cm³/mol. The summed E-state index contributed by atoms with van der Waals surface area (Å²) in [7, 11) is 6.18. The van der Waals surface area contributed by atoms with Gasteiger partial charge in [0.2, 0.25) is 0 Å². The number of anilines is 1. The first-order valence-electron chi connectivity index (χ1n) is 13.2. The summed E-state index contributed by atoms with van der Waals surface area (Å²) in [5.41, 5.74) is 5.13. The summed E-state index contributed by atoms with van der Waals surface area (Å²) in [6, 6.07) is 31.1. The molecule has 0 atom stereocenters. The number of hydrogen-bond acceptors (Lipinski definition) is 5. The van der Waals surface area contributed by atoms with Crippen LogP contribution < -0.4 is 10.8 Å². The first-order valence-corrected chi connectivity index (χ1v) is 13.2. The fourth-order valence-corrected chi connectivity index (χ4v) is 5.41. The molecule has 0 aliphatic carbocycles. The van der Waals surface area contributed by atoms with Crippen LogP contribution in [0.3, 0.4) is 0 Å². The van der Waals surface area contributed by atoms with Crippen LogP contribution in [0.4, 0.5) is 5.82 Å². The van der Waals surface area contributed by atoms with Crippen molar-refractivity contribution in [2.24, 2.45) is 0 Å². The number of rotatable bonds is 7. The van der Waals surface area contributed by atoms with Crippen LogP contribution in [0.15, 0.2) is 97.2 Å². The van der Waals surface area contributed by atoms with Crippen molar-refractivity contribution >= 4 is 24.8 Å². The molecule has 1 aliphatic heterocycles. The molecular weight excluding hydrogens is 469 g/mol. The third kappa shape index (κ3) is 5.02. The van der Waals surface area contributed by atoms with Gasteiger partial charge >= 0.3 is 0 Å². The lowest BCUT2D eigenvalue weighted by molar-refractivity contribution is 0.213. The number of benzene rings is 3. The molecule has 188 valence electrons. The van der Waals surface area contributed by atoms with Gasteiger partial charge in [0.05, 0.1) is 5.69 Å². The first-order chi connectivity index (χ1) is 18.7. The number of para-hydroxylation sites is 1. The van der Waals surface area contributed by atoms with Crippen molar-refractivity contribution in [2.75, 3.05) is 25.0 Å². The summed E-state index contributed by atoms with van der Waals surface area (Å²) in [6.45, 7) is 3.01. The van der Waals surface area contributed by atoms with E-state index in [4.69, 9.17) is 7.85 Å². The lowest BCUT2D eigenvalue weighted by atomic mass is 9.90. The third-order valence-electron chi connectivity index (χ3n) is 7.46. The molecule has 7 heteroatoms. The number of nitrogens with one attached hydrogen (secondary N) is 1. The van der Waals surface area contributed by atoms with Crippen molar-refractivity contribution < 1.29 is 5.11 Å². The van der Waals surface area contributed by atoms with Gasteiger partial charge in [-0.1, -0.05) is 72.8 Å². The van der Waals surface area contributed by atoms with Crippen molar-refractivity contribution in [3.05, 3.63) is 108 Å². The van der Waals surface area contributed by atoms with E-state index >= 15 is 0 Å². The number of aromatic nitrogens is 3. The molecule has 0 unspecified atom stereocenters. The summed E-state index contributed by atoms with van der Waals surface area (Å²) in [5, 5.41) is 18.6. The fourth-order valence-electron chi connectivity index (χ4n) is 5.41. The van der Waals surface area contributed by atoms with Crippen molar-refractivity contribution in [2.45, 2.75) is 24.8 Å². The number of phenolic OH excluding ortho intramolecular Hbond substituents is 1. The van der Waals surface area contributed by atoms with E-state index in [0.717, 1.165) is 38.3 Å². The molecule has 2 radical (unpaired) electrons. The number of fused-ring (bicyclic) bond motifs is 1. The highest BCUT2D eigenvalue weighted by molar-refractivity contribution is 6.36. The second-order valence-corrected chi connectivity index (χ2v) is 9.97. The highest BCUT2D eigenvalue weighted by Crippen LogP contribution is 2.31. The molecular formula is C31H30BN5O. The summed E-state index contributed by atoms with van der Waals surface area (Å²) >= 11 is 0. The quantitative estimate of drug-likeness (QED) is 0.321. The Balaban J connectivity index is 1.19. The van der Waals surface area contributed by atoms with Gasteiger partial charge in [0, 0.05) is 49.4 Å². The minimum absolute atomic E-state index is 0.188. The highest BCUT2D eigenvalue weighted by Gasteiger charge is 2.24. The summed E-state index contributed by atoms with van der Waals surface area (Å²) < 4.78 is 1.76. The van der Waals surface area contributed by atoms with E-state index in [1.54, 1.807) is 22.8 Å². The van der Waals surface area contributed by atoms with E-state index in [0.29, 0.717) is 34.3 Å². The maximum Gasteiger partial charge on any atom is 0.150 e. The van der Waals surface area contributed by atoms with Gasteiger partial charge in [0.15, 0.2) is 5.65 Å². The van der Waals surface area contributed by atoms with E-state index in [9.17, 15) is 5.11 Å². The molecule has 3 heterocycles. The van der Waals surface area contributed by atoms with Crippen molar-refractivity contribution in [1.82, 2.24) is 19.5 Å². The molecule has 2 aromatic heterocycles. The Labute approximate surface area is 224 Å². The lowest BCUT2D eigenvalue weighted by Gasteiger charge is -2.35. The monoisotopic (exact) mass is 499 g/mol. The molecule has 1 fully saturated rings. The minimum Gasteiger partial charge on any atom is -0.507 e. The highest BCUT2D eigenvalue weighted by atomic mass is 16.3. The van der Waals surface area contributed by atoms with Gasteiger partial charge in [0.25, 0.3) is 0 Å². The van der Waals surface area contributed by atoms with Crippen LogP contribution in [-0.4, -0.2) is 58.1 Å². The molecule has 0 saturated carbocycles. The number of hydrogen-bond donors (Lipinski definition) is 2. The van der Waals surface area contributed by atoms with Crippen LogP contribution in [0.1, 0.15) is 29.9 Å². The van der Waals surface area contributed by atoms with Crippen LogP contribution in [0.5, 0.6) is 5.75 Å². The zero-order valence-corrected chi connectivity index (χ0v) is 21.2. The Hall–Kier alpha value is -4.10. The summed E-state index contributed by atoms with van der Waals surface area (Å²) in [4.78, 5) is 7.26. The summed E-state index contributed by atoms with van der Waals surface area (Å²) in [6.07, 6.45) is 3.66. The van der Waals surface area contributed by atoms with E-state index in [1.807, 2.05) is 18.2 Å². The lowest BCUT2D eigenvalue weighted by Crippen LogP contribution is -2.41. The largest absolute Gasteiger partial charge is 0.507 e. The Bertz CT molecular complexity index is 1470. The van der Waals surface area contributed by atoms with Gasteiger partial charge in [-0.2, -0.15) is 9.61 Å². The molecule has 6 nitrogen and oxygen atoms in total. The topological polar surface area (TPSA) is 65.7 Å². The van der Waals surface area contributed by atoms with Crippen LogP contribution >= 0.6 is 0 Å². The maximum absolute atomic E-state index is 10.4. The molecule has 1 aliphatic rings. The first kappa shape index (κ1) is 24.3. The van der Waals surface area contributed by atoms with Gasteiger partial charge in [-0.15, -0.1) is 0 Å². The van der Waals surface area contributed by atoms with Gasteiger partial charge < -0.3 is 15.3 Å². The number of likely N-dealkylation sites (tertiary alicyclic amines) is 1. The normalized spacial score (nSPS) is 14.8. The standard InChI is InChI=1S/C31H30BN5O/c32-27-20-33-37-30(19-28(35-31(27)37)25-13-7-8-14-29(25)38)34-24-15-17-36(18-16-24)21-26(22-9-3-1-4-10-22)23-11-5-2-6-12-23/h1-14,19-20,24,26,34,38H,15-18,21H2. The maximum atomic E-state index is 10.4. The van der Waals surface area contributed by atoms with E-state index in [2.05, 4.69) is 81.0 Å². The zero-order chi connectivity index (χ0) is 25.9. The van der Waals surface area contributed by atoms with Crippen LogP contribution in [0.2, 0.25) is 0 Å². The molecule has 0 spiro atoms. The predicted octanol–water partition coefficient (Wildman–Crippen LogP) is 4.60. The van der Waals surface area contributed by atoms with Gasteiger partial charge in [-0.25, -0.2) is 4.98 Å². The SMILES string of the molecule is [B]c1cnn2c(NC3CCN(CC(c4ccccc4)c4ccccc4)CC3)cc(-c3ccccc3O)nc12. The number of aromatic hydroxyl groups is 1. The minimum atomic E-state index is 0.188. The van der Waals surface area contributed by atoms with Gasteiger partial charge in [0.1, 0.15) is 19.4 Å². The average Bonchev–Trinajstić information content (AvgIpc) is 3.34. The Morgan fingerprint density at radius 1 is 0.895 bits per heavy atom. The van der Waals surface area contributed by atoms with Crippen LogP contribution in [0, 0.1) is 0 Å². The Morgan fingerprint density at radius 3 is 2.18 bits per heavy atom. The molecule has 2 N–H and O–H groups in total. The number of piperidine rings is 1. The van der Waals surface area contributed by atoms with E-state index < -0.39 is 0 Å². The van der Waals surface area contributed by atoms with Gasteiger partial charge in [-0.05, 0) is 41.6 Å². The molecule has 1 saturated heterocycles. The van der Waals surface area contributed by atoms with Crippen LogP contribution in [-0.2, 0) is 0 Å². The number of phenols is 1. The van der Waals surface area contributed by atoms with Crippen molar-refractivity contribution in [3.63, 3.8) is 0 Å². The second-order valence-electron chi connectivity index (χ2n) is 9.97. The fraction of sp³-hybridized carbons (Fsp3) is 0.226. The third-order valence-corrected chi connectivity index (χ3v) is 7.46.